The van der Waals surface area contributed by atoms with E-state index in [1.54, 1.807) is 0 Å². The fourth-order valence-electron chi connectivity index (χ4n) is 1.85. The zero-order chi connectivity index (χ0) is 10.7. The molecule has 15 heavy (non-hydrogen) atoms. The molecule has 2 nitrogen and oxygen atoms in total. The molecule has 0 bridgehead atoms. The van der Waals surface area contributed by atoms with Crippen LogP contribution in [0.25, 0.3) is 0 Å². The normalized spacial score (nSPS) is 16.8. The Balaban J connectivity index is 2.02. The molecular weight excluding hydrogens is 184 g/mol. The molecule has 0 heterocycles. The van der Waals surface area contributed by atoms with Crippen LogP contribution in [0.15, 0.2) is 24.3 Å². The Labute approximate surface area is 90.9 Å². The van der Waals surface area contributed by atoms with Crippen molar-refractivity contribution in [1.29, 1.82) is 5.26 Å². The SMILES string of the molecule is CCC1(CNc2ccccc2C#N)CC1. The molecule has 0 aromatic heterocycles. The van der Waals surface area contributed by atoms with Crippen molar-refractivity contribution in [3.63, 3.8) is 0 Å². The molecule has 2 heteroatoms. The standard InChI is InChI=1S/C13H16N2/c1-2-13(7-8-13)10-15-12-6-4-3-5-11(12)9-14/h3-6,15H,2,7-8,10H2,1H3. The third-order valence-corrected chi connectivity index (χ3v) is 3.41. The maximum absolute atomic E-state index is 8.93. The van der Waals surface area contributed by atoms with E-state index in [1.165, 1.54) is 19.3 Å². The second kappa shape index (κ2) is 3.94. The van der Waals surface area contributed by atoms with Gasteiger partial charge in [-0.2, -0.15) is 5.26 Å². The van der Waals surface area contributed by atoms with E-state index in [-0.39, 0.29) is 0 Å². The van der Waals surface area contributed by atoms with Gasteiger partial charge in [0.15, 0.2) is 0 Å². The van der Waals surface area contributed by atoms with Crippen LogP contribution in [0.3, 0.4) is 0 Å². The van der Waals surface area contributed by atoms with E-state index in [4.69, 9.17) is 5.26 Å². The number of hydrogen-bond donors (Lipinski definition) is 1. The van der Waals surface area contributed by atoms with Crippen LogP contribution >= 0.6 is 0 Å². The largest absolute Gasteiger partial charge is 0.383 e. The molecule has 2 rings (SSSR count). The van der Waals surface area contributed by atoms with Gasteiger partial charge < -0.3 is 5.32 Å². The first-order chi connectivity index (χ1) is 7.29. The maximum Gasteiger partial charge on any atom is 0.101 e. The molecule has 1 N–H and O–H groups in total. The van der Waals surface area contributed by atoms with Crippen LogP contribution in [-0.2, 0) is 0 Å². The highest BCUT2D eigenvalue weighted by molar-refractivity contribution is 5.57. The van der Waals surface area contributed by atoms with Gasteiger partial charge in [0.1, 0.15) is 6.07 Å². The summed E-state index contributed by atoms with van der Waals surface area (Å²) in [4.78, 5) is 0. The second-order valence-corrected chi connectivity index (χ2v) is 4.36. The van der Waals surface area contributed by atoms with Gasteiger partial charge in [0, 0.05) is 6.54 Å². The van der Waals surface area contributed by atoms with Crippen molar-refractivity contribution < 1.29 is 0 Å². The van der Waals surface area contributed by atoms with E-state index in [0.717, 1.165) is 17.8 Å². The molecule has 0 unspecified atom stereocenters. The first-order valence-electron chi connectivity index (χ1n) is 5.53. The molecule has 1 aromatic rings. The van der Waals surface area contributed by atoms with Crippen molar-refractivity contribution in [2.24, 2.45) is 5.41 Å². The summed E-state index contributed by atoms with van der Waals surface area (Å²) in [5, 5.41) is 12.3. The summed E-state index contributed by atoms with van der Waals surface area (Å²) >= 11 is 0. The Morgan fingerprint density at radius 1 is 1.40 bits per heavy atom. The molecular formula is C13H16N2. The summed E-state index contributed by atoms with van der Waals surface area (Å²) < 4.78 is 0. The summed E-state index contributed by atoms with van der Waals surface area (Å²) in [5.41, 5.74) is 2.23. The predicted octanol–water partition coefficient (Wildman–Crippen LogP) is 3.16. The minimum Gasteiger partial charge on any atom is -0.383 e. The van der Waals surface area contributed by atoms with Crippen LogP contribution < -0.4 is 5.32 Å². The van der Waals surface area contributed by atoms with Gasteiger partial charge in [0.2, 0.25) is 0 Å². The second-order valence-electron chi connectivity index (χ2n) is 4.36. The fourth-order valence-corrected chi connectivity index (χ4v) is 1.85. The smallest absolute Gasteiger partial charge is 0.101 e. The Bertz CT molecular complexity index is 386. The highest BCUT2D eigenvalue weighted by atomic mass is 14.9. The highest BCUT2D eigenvalue weighted by Crippen LogP contribution is 2.48. The van der Waals surface area contributed by atoms with E-state index < -0.39 is 0 Å². The molecule has 0 spiro atoms. The van der Waals surface area contributed by atoms with Crippen LogP contribution in [-0.4, -0.2) is 6.54 Å². The van der Waals surface area contributed by atoms with Crippen LogP contribution in [0.4, 0.5) is 5.69 Å². The van der Waals surface area contributed by atoms with Crippen molar-refractivity contribution in [2.45, 2.75) is 26.2 Å². The molecule has 1 aliphatic rings. The lowest BCUT2D eigenvalue weighted by molar-refractivity contribution is 0.521. The molecule has 0 amide bonds. The van der Waals surface area contributed by atoms with Gasteiger partial charge in [-0.15, -0.1) is 0 Å². The van der Waals surface area contributed by atoms with Crippen LogP contribution in [0.5, 0.6) is 0 Å². The molecule has 0 aliphatic heterocycles. The summed E-state index contributed by atoms with van der Waals surface area (Å²) in [6, 6.07) is 9.91. The number of benzene rings is 1. The van der Waals surface area contributed by atoms with E-state index in [9.17, 15) is 0 Å². The summed E-state index contributed by atoms with van der Waals surface area (Å²) in [5.74, 6) is 0. The lowest BCUT2D eigenvalue weighted by Gasteiger charge is -2.15. The molecule has 78 valence electrons. The lowest BCUT2D eigenvalue weighted by atomic mass is 10.0. The summed E-state index contributed by atoms with van der Waals surface area (Å²) in [7, 11) is 0. The van der Waals surface area contributed by atoms with Crippen molar-refractivity contribution in [3.05, 3.63) is 29.8 Å². The average Bonchev–Trinajstić information content (AvgIpc) is 3.07. The molecule has 0 atom stereocenters. The van der Waals surface area contributed by atoms with Gasteiger partial charge in [-0.05, 0) is 36.8 Å². The third-order valence-electron chi connectivity index (χ3n) is 3.41. The third kappa shape index (κ3) is 2.12. The highest BCUT2D eigenvalue weighted by Gasteiger charge is 2.40. The Morgan fingerprint density at radius 2 is 2.13 bits per heavy atom. The molecule has 1 fully saturated rings. The van der Waals surface area contributed by atoms with Gasteiger partial charge in [-0.25, -0.2) is 0 Å². The zero-order valence-corrected chi connectivity index (χ0v) is 9.09. The van der Waals surface area contributed by atoms with Crippen LogP contribution in [0.1, 0.15) is 31.7 Å². The molecule has 0 radical (unpaired) electrons. The average molecular weight is 200 g/mol. The van der Waals surface area contributed by atoms with Crippen molar-refractivity contribution in [1.82, 2.24) is 0 Å². The van der Waals surface area contributed by atoms with Gasteiger partial charge >= 0.3 is 0 Å². The van der Waals surface area contributed by atoms with Crippen LogP contribution in [0, 0.1) is 16.7 Å². The molecule has 1 aliphatic carbocycles. The first-order valence-corrected chi connectivity index (χ1v) is 5.53. The maximum atomic E-state index is 8.93. The molecule has 0 saturated heterocycles. The quantitative estimate of drug-likeness (QED) is 0.810. The van der Waals surface area contributed by atoms with E-state index >= 15 is 0 Å². The van der Waals surface area contributed by atoms with Crippen molar-refractivity contribution in [2.75, 3.05) is 11.9 Å². The Morgan fingerprint density at radius 3 is 2.73 bits per heavy atom. The number of nitrogens with one attached hydrogen (secondary N) is 1. The zero-order valence-electron chi connectivity index (χ0n) is 9.09. The number of nitrogens with zero attached hydrogens (tertiary/aromatic N) is 1. The minimum atomic E-state index is 0.516. The number of para-hydroxylation sites is 1. The van der Waals surface area contributed by atoms with Gasteiger partial charge in [-0.1, -0.05) is 19.1 Å². The number of anilines is 1. The minimum absolute atomic E-state index is 0.516. The molecule has 1 saturated carbocycles. The van der Waals surface area contributed by atoms with Gasteiger partial charge in [0.25, 0.3) is 0 Å². The topological polar surface area (TPSA) is 35.8 Å². The predicted molar refractivity (Wildman–Crippen MR) is 61.6 cm³/mol. The Kier molecular flexibility index (Phi) is 2.64. The van der Waals surface area contributed by atoms with E-state index in [1.807, 2.05) is 24.3 Å². The monoisotopic (exact) mass is 200 g/mol. The number of rotatable bonds is 4. The lowest BCUT2D eigenvalue weighted by Crippen LogP contribution is -2.14. The van der Waals surface area contributed by atoms with Crippen molar-refractivity contribution in [3.8, 4) is 6.07 Å². The summed E-state index contributed by atoms with van der Waals surface area (Å²) in [6.07, 6.45) is 3.88. The van der Waals surface area contributed by atoms with E-state index in [0.29, 0.717) is 5.41 Å². The van der Waals surface area contributed by atoms with E-state index in [2.05, 4.69) is 18.3 Å². The fraction of sp³-hybridized carbons (Fsp3) is 0.462. The number of nitriles is 1. The van der Waals surface area contributed by atoms with Gasteiger partial charge in [-0.3, -0.25) is 0 Å². The summed E-state index contributed by atoms with van der Waals surface area (Å²) in [6.45, 7) is 3.24. The van der Waals surface area contributed by atoms with Gasteiger partial charge in [0.05, 0.1) is 11.3 Å². The van der Waals surface area contributed by atoms with Crippen LogP contribution in [0.2, 0.25) is 0 Å². The first kappa shape index (κ1) is 10.0. The molecule has 1 aromatic carbocycles. The van der Waals surface area contributed by atoms with Crippen molar-refractivity contribution >= 4 is 5.69 Å². The number of hydrogen-bond acceptors (Lipinski definition) is 2. The Hall–Kier alpha value is -1.49.